The minimum atomic E-state index is -0.383. The first kappa shape index (κ1) is 24.4. The molecule has 0 radical (unpaired) electrons. The smallest absolute Gasteiger partial charge is 0.123 e. The number of nitrogens with zero attached hydrogens (tertiary/aromatic N) is 1. The Hall–Kier alpha value is -4.90. The van der Waals surface area contributed by atoms with E-state index in [-0.39, 0.29) is 23.3 Å². The van der Waals surface area contributed by atoms with Crippen LogP contribution in [-0.2, 0) is 0 Å². The van der Waals surface area contributed by atoms with Crippen LogP contribution in [0.2, 0.25) is 0 Å². The van der Waals surface area contributed by atoms with Crippen molar-refractivity contribution >= 4 is 0 Å². The number of rotatable bonds is 5. The van der Waals surface area contributed by atoms with Gasteiger partial charge in [-0.1, -0.05) is 42.5 Å². The zero-order chi connectivity index (χ0) is 26.9. The van der Waals surface area contributed by atoms with Crippen LogP contribution in [0.3, 0.4) is 0 Å². The first-order valence-electron chi connectivity index (χ1n) is 12.4. The Balaban J connectivity index is 1.84. The Kier molecular flexibility index (Phi) is 6.33. The van der Waals surface area contributed by atoms with Gasteiger partial charge in [0, 0.05) is 16.8 Å². The average Bonchev–Trinajstić information content (AvgIpc) is 3.31. The van der Waals surface area contributed by atoms with Gasteiger partial charge < -0.3 is 4.57 Å². The molecule has 0 amide bonds. The van der Waals surface area contributed by atoms with E-state index in [0.29, 0.717) is 11.1 Å². The van der Waals surface area contributed by atoms with Gasteiger partial charge >= 0.3 is 0 Å². The summed E-state index contributed by atoms with van der Waals surface area (Å²) in [6.07, 6.45) is 0. The third kappa shape index (κ3) is 4.64. The summed E-state index contributed by atoms with van der Waals surface area (Å²) in [5.74, 6) is -1.52. The molecule has 0 atom stereocenters. The standard InChI is InChI=1S/C34H21F4N/c35-26-14-6-22(7-15-26)31-32(23-8-16-27(36)17-9-23)34(25-12-20-29(38)21-13-25)39(30-4-2-1-3-5-30)33(31)24-10-18-28(37)19-11-24/h1-21H. The third-order valence-corrected chi connectivity index (χ3v) is 6.69. The minimum absolute atomic E-state index is 0.377. The summed E-state index contributed by atoms with van der Waals surface area (Å²) in [5, 5.41) is 0. The van der Waals surface area contributed by atoms with E-state index in [1.807, 2.05) is 34.9 Å². The Morgan fingerprint density at radius 2 is 0.641 bits per heavy atom. The molecule has 0 aliphatic rings. The van der Waals surface area contributed by atoms with Gasteiger partial charge in [-0.3, -0.25) is 0 Å². The van der Waals surface area contributed by atoms with Crippen molar-refractivity contribution in [3.8, 4) is 50.5 Å². The van der Waals surface area contributed by atoms with Crippen molar-refractivity contribution in [3.05, 3.63) is 151 Å². The number of aromatic nitrogens is 1. The fourth-order valence-electron chi connectivity index (χ4n) is 4.97. The molecular formula is C34H21F4N. The summed E-state index contributed by atoms with van der Waals surface area (Å²) in [6, 6.07) is 34.3. The molecule has 0 fully saturated rings. The van der Waals surface area contributed by atoms with Crippen LogP contribution in [0.15, 0.2) is 127 Å². The van der Waals surface area contributed by atoms with Gasteiger partial charge in [0.2, 0.25) is 0 Å². The molecule has 0 saturated heterocycles. The quantitative estimate of drug-likeness (QED) is 0.200. The molecule has 0 aliphatic heterocycles. The molecular weight excluding hydrogens is 498 g/mol. The molecule has 1 nitrogen and oxygen atoms in total. The van der Waals surface area contributed by atoms with E-state index in [4.69, 9.17) is 0 Å². The summed E-state index contributed by atoms with van der Waals surface area (Å²) < 4.78 is 58.3. The van der Waals surface area contributed by atoms with Crippen LogP contribution in [0.25, 0.3) is 50.5 Å². The Labute approximate surface area is 223 Å². The molecule has 6 rings (SSSR count). The van der Waals surface area contributed by atoms with Gasteiger partial charge in [-0.2, -0.15) is 0 Å². The van der Waals surface area contributed by atoms with Gasteiger partial charge in [0.05, 0.1) is 11.4 Å². The second-order valence-electron chi connectivity index (χ2n) is 9.15. The molecule has 39 heavy (non-hydrogen) atoms. The SMILES string of the molecule is Fc1ccc(-c2c(-c3ccc(F)cc3)c(-c3ccc(F)cc3)n(-c3ccccc3)c2-c2ccc(F)cc2)cc1. The monoisotopic (exact) mass is 519 g/mol. The number of hydrogen-bond acceptors (Lipinski definition) is 0. The zero-order valence-electron chi connectivity index (χ0n) is 20.6. The highest BCUT2D eigenvalue weighted by molar-refractivity contribution is 6.03. The maximum atomic E-state index is 14.1. The molecule has 5 heteroatoms. The van der Waals surface area contributed by atoms with Crippen molar-refractivity contribution in [1.82, 2.24) is 4.57 Å². The molecule has 0 saturated carbocycles. The lowest BCUT2D eigenvalue weighted by molar-refractivity contribution is 0.627. The molecule has 0 spiro atoms. The van der Waals surface area contributed by atoms with Crippen LogP contribution < -0.4 is 0 Å². The average molecular weight is 520 g/mol. The van der Waals surface area contributed by atoms with Crippen molar-refractivity contribution in [1.29, 1.82) is 0 Å². The maximum absolute atomic E-state index is 14.1. The van der Waals surface area contributed by atoms with Crippen LogP contribution in [0, 0.1) is 23.3 Å². The summed E-state index contributed by atoms with van der Waals surface area (Å²) >= 11 is 0. The summed E-state index contributed by atoms with van der Waals surface area (Å²) in [7, 11) is 0. The van der Waals surface area contributed by atoms with Crippen LogP contribution in [0.5, 0.6) is 0 Å². The largest absolute Gasteiger partial charge is 0.308 e. The first-order chi connectivity index (χ1) is 19.0. The van der Waals surface area contributed by atoms with Crippen molar-refractivity contribution in [3.63, 3.8) is 0 Å². The molecule has 5 aromatic carbocycles. The lowest BCUT2D eigenvalue weighted by atomic mass is 9.91. The van der Waals surface area contributed by atoms with Crippen molar-refractivity contribution in [2.75, 3.05) is 0 Å². The van der Waals surface area contributed by atoms with Crippen LogP contribution in [0.4, 0.5) is 17.6 Å². The normalized spacial score (nSPS) is 11.1. The summed E-state index contributed by atoms with van der Waals surface area (Å²) in [6.45, 7) is 0. The Bertz CT molecular complexity index is 1620. The van der Waals surface area contributed by atoms with Gasteiger partial charge in [0.25, 0.3) is 0 Å². The highest BCUT2D eigenvalue weighted by Crippen LogP contribution is 2.49. The zero-order valence-corrected chi connectivity index (χ0v) is 20.6. The fourth-order valence-corrected chi connectivity index (χ4v) is 4.97. The molecule has 0 N–H and O–H groups in total. The lowest BCUT2D eigenvalue weighted by Gasteiger charge is -2.16. The second kappa shape index (κ2) is 10.1. The van der Waals surface area contributed by atoms with Gasteiger partial charge in [0.15, 0.2) is 0 Å². The van der Waals surface area contributed by atoms with Crippen molar-refractivity contribution < 1.29 is 17.6 Å². The first-order valence-corrected chi connectivity index (χ1v) is 12.4. The van der Waals surface area contributed by atoms with Crippen LogP contribution >= 0.6 is 0 Å². The number of halogens is 4. The van der Waals surface area contributed by atoms with Gasteiger partial charge in [-0.05, 0) is 107 Å². The highest BCUT2D eigenvalue weighted by atomic mass is 19.1. The lowest BCUT2D eigenvalue weighted by Crippen LogP contribution is -2.00. The maximum Gasteiger partial charge on any atom is 0.123 e. The van der Waals surface area contributed by atoms with E-state index in [1.54, 1.807) is 48.5 Å². The van der Waals surface area contributed by atoms with Gasteiger partial charge in [-0.25, -0.2) is 17.6 Å². The number of benzene rings is 5. The molecule has 1 aromatic heterocycles. The number of para-hydroxylation sites is 1. The summed E-state index contributed by atoms with van der Waals surface area (Å²) in [4.78, 5) is 0. The molecule has 190 valence electrons. The summed E-state index contributed by atoms with van der Waals surface area (Å²) in [5.41, 5.74) is 6.63. The van der Waals surface area contributed by atoms with E-state index in [2.05, 4.69) is 0 Å². The van der Waals surface area contributed by atoms with Crippen LogP contribution in [0.1, 0.15) is 0 Å². The van der Waals surface area contributed by atoms with Gasteiger partial charge in [-0.15, -0.1) is 0 Å². The predicted molar refractivity (Wildman–Crippen MR) is 147 cm³/mol. The molecule has 6 aromatic rings. The molecule has 0 unspecified atom stereocenters. The molecule has 0 aliphatic carbocycles. The highest BCUT2D eigenvalue weighted by Gasteiger charge is 2.28. The minimum Gasteiger partial charge on any atom is -0.308 e. The third-order valence-electron chi connectivity index (χ3n) is 6.69. The van der Waals surface area contributed by atoms with Crippen molar-refractivity contribution in [2.24, 2.45) is 0 Å². The van der Waals surface area contributed by atoms with E-state index >= 15 is 0 Å². The van der Waals surface area contributed by atoms with E-state index in [0.717, 1.165) is 39.3 Å². The Morgan fingerprint density at radius 1 is 0.333 bits per heavy atom. The van der Waals surface area contributed by atoms with E-state index in [1.165, 1.54) is 48.5 Å². The fraction of sp³-hybridized carbons (Fsp3) is 0. The number of hydrogen-bond donors (Lipinski definition) is 0. The predicted octanol–water partition coefficient (Wildman–Crippen LogP) is 9.70. The molecule has 0 bridgehead atoms. The van der Waals surface area contributed by atoms with Gasteiger partial charge in [0.1, 0.15) is 23.3 Å². The van der Waals surface area contributed by atoms with E-state index in [9.17, 15) is 17.6 Å². The van der Waals surface area contributed by atoms with Crippen molar-refractivity contribution in [2.45, 2.75) is 0 Å². The second-order valence-corrected chi connectivity index (χ2v) is 9.15. The van der Waals surface area contributed by atoms with Crippen LogP contribution in [-0.4, -0.2) is 4.57 Å². The molecule has 1 heterocycles. The van der Waals surface area contributed by atoms with E-state index < -0.39 is 0 Å². The Morgan fingerprint density at radius 3 is 0.974 bits per heavy atom. The topological polar surface area (TPSA) is 4.93 Å².